The van der Waals surface area contributed by atoms with E-state index in [0.717, 1.165) is 12.0 Å². The Hall–Kier alpha value is -3.22. The number of amides is 3. The van der Waals surface area contributed by atoms with Crippen molar-refractivity contribution in [2.75, 3.05) is 25.0 Å². The van der Waals surface area contributed by atoms with Crippen LogP contribution in [-0.4, -0.2) is 42.3 Å². The maximum atomic E-state index is 13.9. The topological polar surface area (TPSA) is 78.5 Å². The largest absolute Gasteiger partial charge is 0.345 e. The summed E-state index contributed by atoms with van der Waals surface area (Å²) in [6.45, 7) is 3.76. The molecule has 0 aliphatic rings. The summed E-state index contributed by atoms with van der Waals surface area (Å²) in [6.07, 6.45) is 1.50. The van der Waals surface area contributed by atoms with Crippen LogP contribution in [0, 0.1) is 12.7 Å². The van der Waals surface area contributed by atoms with Gasteiger partial charge >= 0.3 is 0 Å². The first-order valence-corrected chi connectivity index (χ1v) is 9.57. The van der Waals surface area contributed by atoms with Crippen LogP contribution in [0.4, 0.5) is 10.1 Å². The minimum absolute atomic E-state index is 0.0754. The molecule has 0 aromatic heterocycles. The highest BCUT2D eigenvalue weighted by Crippen LogP contribution is 2.11. The molecule has 29 heavy (non-hydrogen) atoms. The van der Waals surface area contributed by atoms with Crippen LogP contribution in [0.3, 0.4) is 0 Å². The highest BCUT2D eigenvalue weighted by molar-refractivity contribution is 5.98. The van der Waals surface area contributed by atoms with Gasteiger partial charge in [0.2, 0.25) is 11.8 Å². The lowest BCUT2D eigenvalue weighted by Gasteiger charge is -2.22. The molecule has 2 rings (SSSR count). The van der Waals surface area contributed by atoms with Gasteiger partial charge in [-0.15, -0.1) is 0 Å². The number of carbonyl (C=O) groups is 3. The van der Waals surface area contributed by atoms with Gasteiger partial charge in [0.15, 0.2) is 0 Å². The molecule has 2 aromatic carbocycles. The fourth-order valence-corrected chi connectivity index (χ4v) is 2.66. The van der Waals surface area contributed by atoms with Crippen molar-refractivity contribution < 1.29 is 18.8 Å². The Bertz CT molecular complexity index is 853. The van der Waals surface area contributed by atoms with E-state index in [9.17, 15) is 18.8 Å². The number of unbranched alkanes of at least 4 members (excludes halogenated alkanes) is 1. The van der Waals surface area contributed by atoms with Crippen molar-refractivity contribution in [1.29, 1.82) is 0 Å². The van der Waals surface area contributed by atoms with Crippen molar-refractivity contribution in [1.82, 2.24) is 10.2 Å². The van der Waals surface area contributed by atoms with Crippen molar-refractivity contribution in [3.8, 4) is 0 Å². The molecule has 0 spiro atoms. The Kier molecular flexibility index (Phi) is 8.33. The normalized spacial score (nSPS) is 10.3. The van der Waals surface area contributed by atoms with Crippen molar-refractivity contribution in [2.24, 2.45) is 0 Å². The highest BCUT2D eigenvalue weighted by atomic mass is 19.1. The lowest BCUT2D eigenvalue weighted by atomic mass is 10.1. The van der Waals surface area contributed by atoms with Crippen LogP contribution in [0.1, 0.15) is 35.7 Å². The SMILES string of the molecule is CCCCN(CC(=O)NCC(=O)Nc1ccc(C)cc1)C(=O)c1ccccc1F. The first-order valence-electron chi connectivity index (χ1n) is 9.57. The Labute approximate surface area is 170 Å². The van der Waals surface area contributed by atoms with Gasteiger partial charge in [-0.25, -0.2) is 4.39 Å². The molecule has 7 heteroatoms. The first kappa shape index (κ1) is 22.1. The maximum Gasteiger partial charge on any atom is 0.257 e. The number of hydrogen-bond donors (Lipinski definition) is 2. The zero-order chi connectivity index (χ0) is 21.2. The molecular formula is C22H26FN3O3. The summed E-state index contributed by atoms with van der Waals surface area (Å²) in [5.41, 5.74) is 1.63. The van der Waals surface area contributed by atoms with Crippen LogP contribution >= 0.6 is 0 Å². The highest BCUT2D eigenvalue weighted by Gasteiger charge is 2.21. The molecule has 6 nitrogen and oxygen atoms in total. The molecule has 0 aliphatic heterocycles. The van der Waals surface area contributed by atoms with Gasteiger partial charge in [-0.1, -0.05) is 43.2 Å². The van der Waals surface area contributed by atoms with Crippen LogP contribution in [0.2, 0.25) is 0 Å². The Morgan fingerprint density at radius 3 is 2.34 bits per heavy atom. The second-order valence-corrected chi connectivity index (χ2v) is 6.75. The molecule has 0 bridgehead atoms. The van der Waals surface area contributed by atoms with E-state index in [4.69, 9.17) is 0 Å². The molecule has 0 atom stereocenters. The summed E-state index contributed by atoms with van der Waals surface area (Å²) in [4.78, 5) is 38.2. The standard InChI is InChI=1S/C22H26FN3O3/c1-3-4-13-26(22(29)18-7-5-6-8-19(18)23)15-21(28)24-14-20(27)25-17-11-9-16(2)10-12-17/h5-12H,3-4,13-15H2,1-2H3,(H,24,28)(H,25,27). The number of anilines is 1. The summed E-state index contributed by atoms with van der Waals surface area (Å²) < 4.78 is 13.9. The molecule has 0 saturated carbocycles. The quantitative estimate of drug-likeness (QED) is 0.680. The number of hydrogen-bond acceptors (Lipinski definition) is 3. The molecule has 0 radical (unpaired) electrons. The van der Waals surface area contributed by atoms with E-state index in [2.05, 4.69) is 10.6 Å². The minimum Gasteiger partial charge on any atom is -0.345 e. The fourth-order valence-electron chi connectivity index (χ4n) is 2.66. The Morgan fingerprint density at radius 1 is 1.00 bits per heavy atom. The van der Waals surface area contributed by atoms with Gasteiger partial charge in [0, 0.05) is 12.2 Å². The summed E-state index contributed by atoms with van der Waals surface area (Å²) >= 11 is 0. The zero-order valence-corrected chi connectivity index (χ0v) is 16.7. The summed E-state index contributed by atoms with van der Waals surface area (Å²) in [6, 6.07) is 13.0. The van der Waals surface area contributed by atoms with E-state index in [1.54, 1.807) is 18.2 Å². The molecule has 0 saturated heterocycles. The van der Waals surface area contributed by atoms with Gasteiger partial charge in [0.25, 0.3) is 5.91 Å². The monoisotopic (exact) mass is 399 g/mol. The van der Waals surface area contributed by atoms with Gasteiger partial charge in [0.05, 0.1) is 18.7 Å². The van der Waals surface area contributed by atoms with Crippen LogP contribution < -0.4 is 10.6 Å². The minimum atomic E-state index is -0.628. The van der Waals surface area contributed by atoms with Gasteiger partial charge < -0.3 is 15.5 Å². The maximum absolute atomic E-state index is 13.9. The molecule has 2 aromatic rings. The summed E-state index contributed by atoms with van der Waals surface area (Å²) in [5, 5.41) is 5.19. The third-order valence-corrected chi connectivity index (χ3v) is 4.29. The number of benzene rings is 2. The lowest BCUT2D eigenvalue weighted by molar-refractivity contribution is -0.124. The van der Waals surface area contributed by atoms with Crippen LogP contribution in [0.5, 0.6) is 0 Å². The van der Waals surface area contributed by atoms with Crippen molar-refractivity contribution in [3.05, 3.63) is 65.5 Å². The second kappa shape index (κ2) is 10.9. The average Bonchev–Trinajstić information content (AvgIpc) is 2.71. The van der Waals surface area contributed by atoms with E-state index < -0.39 is 17.6 Å². The van der Waals surface area contributed by atoms with E-state index >= 15 is 0 Å². The average molecular weight is 399 g/mol. The third-order valence-electron chi connectivity index (χ3n) is 4.29. The number of nitrogens with zero attached hydrogens (tertiary/aromatic N) is 1. The predicted octanol–water partition coefficient (Wildman–Crippen LogP) is 3.13. The van der Waals surface area contributed by atoms with Gasteiger partial charge in [-0.05, 0) is 37.6 Å². The van der Waals surface area contributed by atoms with Gasteiger partial charge in [-0.2, -0.15) is 0 Å². The van der Waals surface area contributed by atoms with Crippen molar-refractivity contribution in [3.63, 3.8) is 0 Å². The molecule has 0 heterocycles. The Morgan fingerprint density at radius 2 is 1.69 bits per heavy atom. The number of halogens is 1. The smallest absolute Gasteiger partial charge is 0.257 e. The Balaban J connectivity index is 1.91. The van der Waals surface area contributed by atoms with Crippen molar-refractivity contribution in [2.45, 2.75) is 26.7 Å². The third kappa shape index (κ3) is 7.03. The number of rotatable bonds is 9. The number of carbonyl (C=O) groups excluding carboxylic acids is 3. The molecule has 0 aliphatic carbocycles. The second-order valence-electron chi connectivity index (χ2n) is 6.75. The molecule has 2 N–H and O–H groups in total. The summed E-state index contributed by atoms with van der Waals surface area (Å²) in [7, 11) is 0. The zero-order valence-electron chi connectivity index (χ0n) is 16.7. The molecule has 0 fully saturated rings. The van der Waals surface area contributed by atoms with E-state index in [1.807, 2.05) is 26.0 Å². The van der Waals surface area contributed by atoms with Crippen LogP contribution in [0.15, 0.2) is 48.5 Å². The fraction of sp³-hybridized carbons (Fsp3) is 0.318. The van der Waals surface area contributed by atoms with Gasteiger partial charge in [0.1, 0.15) is 5.82 Å². The molecular weight excluding hydrogens is 373 g/mol. The van der Waals surface area contributed by atoms with E-state index in [-0.39, 0.29) is 24.6 Å². The first-order chi connectivity index (χ1) is 13.9. The number of aryl methyl sites for hydroxylation is 1. The van der Waals surface area contributed by atoms with Crippen LogP contribution in [-0.2, 0) is 9.59 Å². The molecule has 154 valence electrons. The van der Waals surface area contributed by atoms with Crippen LogP contribution in [0.25, 0.3) is 0 Å². The van der Waals surface area contributed by atoms with E-state index in [0.29, 0.717) is 18.7 Å². The lowest BCUT2D eigenvalue weighted by Crippen LogP contribution is -2.43. The summed E-state index contributed by atoms with van der Waals surface area (Å²) in [5.74, 6) is -2.03. The van der Waals surface area contributed by atoms with E-state index in [1.165, 1.54) is 23.1 Å². The number of nitrogens with one attached hydrogen (secondary N) is 2. The van der Waals surface area contributed by atoms with Crippen molar-refractivity contribution >= 4 is 23.4 Å². The molecule has 3 amide bonds. The molecule has 0 unspecified atom stereocenters. The van der Waals surface area contributed by atoms with Gasteiger partial charge in [-0.3, -0.25) is 14.4 Å². The predicted molar refractivity (Wildman–Crippen MR) is 110 cm³/mol.